The van der Waals surface area contributed by atoms with E-state index >= 15 is 0 Å². The Labute approximate surface area is 101 Å². The molecule has 3 fully saturated rings. The first-order chi connectivity index (χ1) is 7.51. The summed E-state index contributed by atoms with van der Waals surface area (Å²) >= 11 is 0. The molecular formula is C16H26. The van der Waals surface area contributed by atoms with Crippen molar-refractivity contribution < 1.29 is 0 Å². The standard InChI is InChI=1S/C14H20.C2H6/c1-10(2)12-5-6-13(11(3)4)9-14(12,13)8-7-12;1-2/h1,3,5-9H2,2,4H3;1-2H3. The van der Waals surface area contributed by atoms with Gasteiger partial charge in [-0.3, -0.25) is 0 Å². The second-order valence-corrected chi connectivity index (χ2v) is 5.98. The van der Waals surface area contributed by atoms with Crippen LogP contribution in [0.2, 0.25) is 0 Å². The Bertz CT molecular complexity index is 347. The van der Waals surface area contributed by atoms with Crippen LogP contribution in [0, 0.1) is 16.2 Å². The second-order valence-electron chi connectivity index (χ2n) is 5.98. The quantitative estimate of drug-likeness (QED) is 0.565. The lowest BCUT2D eigenvalue weighted by atomic mass is 9.54. The summed E-state index contributed by atoms with van der Waals surface area (Å²) in [6, 6.07) is 0. The van der Waals surface area contributed by atoms with Gasteiger partial charge in [0.15, 0.2) is 0 Å². The molecule has 0 heteroatoms. The van der Waals surface area contributed by atoms with Crippen molar-refractivity contribution in [1.29, 1.82) is 0 Å². The minimum Gasteiger partial charge on any atom is -0.0996 e. The molecule has 0 heterocycles. The summed E-state index contributed by atoms with van der Waals surface area (Å²) in [5.41, 5.74) is 4.61. The van der Waals surface area contributed by atoms with Crippen molar-refractivity contribution >= 4 is 0 Å². The molecule has 3 aliphatic carbocycles. The summed E-state index contributed by atoms with van der Waals surface area (Å²) < 4.78 is 0. The number of hydrogen-bond donors (Lipinski definition) is 0. The van der Waals surface area contributed by atoms with Crippen LogP contribution in [0.4, 0.5) is 0 Å². The third kappa shape index (κ3) is 0.931. The molecule has 3 atom stereocenters. The second kappa shape index (κ2) is 3.24. The molecule has 3 saturated carbocycles. The van der Waals surface area contributed by atoms with Gasteiger partial charge in [0.05, 0.1) is 0 Å². The molecule has 0 aromatic heterocycles. The minimum absolute atomic E-state index is 0.534. The highest BCUT2D eigenvalue weighted by molar-refractivity contribution is 5.44. The zero-order chi connectivity index (χ0) is 12.2. The third-order valence-corrected chi connectivity index (χ3v) is 5.90. The van der Waals surface area contributed by atoms with Gasteiger partial charge in [0.1, 0.15) is 0 Å². The van der Waals surface area contributed by atoms with E-state index in [0.717, 1.165) is 0 Å². The first-order valence-electron chi connectivity index (χ1n) is 6.83. The van der Waals surface area contributed by atoms with E-state index in [1.807, 2.05) is 13.8 Å². The topological polar surface area (TPSA) is 0 Å². The van der Waals surface area contributed by atoms with E-state index in [0.29, 0.717) is 16.2 Å². The van der Waals surface area contributed by atoms with Crippen molar-refractivity contribution in [2.75, 3.05) is 0 Å². The van der Waals surface area contributed by atoms with Crippen LogP contribution >= 0.6 is 0 Å². The predicted octanol–water partition coefficient (Wildman–Crippen LogP) is 5.12. The van der Waals surface area contributed by atoms with E-state index in [1.54, 1.807) is 0 Å². The highest BCUT2D eigenvalue weighted by Crippen LogP contribution is 2.91. The van der Waals surface area contributed by atoms with Crippen molar-refractivity contribution in [3.8, 4) is 0 Å². The van der Waals surface area contributed by atoms with Gasteiger partial charge >= 0.3 is 0 Å². The van der Waals surface area contributed by atoms with Crippen molar-refractivity contribution in [3.05, 3.63) is 24.3 Å². The van der Waals surface area contributed by atoms with Crippen LogP contribution in [-0.4, -0.2) is 0 Å². The Hall–Kier alpha value is -0.520. The lowest BCUT2D eigenvalue weighted by Crippen LogP contribution is -2.41. The SMILES string of the molecule is C=C(C)C12CCC3(C(=C)C)CC13CC2.CC. The van der Waals surface area contributed by atoms with Crippen molar-refractivity contribution in [1.82, 2.24) is 0 Å². The lowest BCUT2D eigenvalue weighted by Gasteiger charge is -2.50. The Morgan fingerprint density at radius 1 is 0.812 bits per heavy atom. The average Bonchev–Trinajstić information content (AvgIpc) is 2.88. The predicted molar refractivity (Wildman–Crippen MR) is 71.4 cm³/mol. The monoisotopic (exact) mass is 218 g/mol. The molecule has 3 rings (SSSR count). The average molecular weight is 218 g/mol. The van der Waals surface area contributed by atoms with Gasteiger partial charge in [-0.05, 0) is 62.2 Å². The zero-order valence-corrected chi connectivity index (χ0v) is 11.4. The molecule has 16 heavy (non-hydrogen) atoms. The van der Waals surface area contributed by atoms with E-state index in [2.05, 4.69) is 27.0 Å². The fourth-order valence-corrected chi connectivity index (χ4v) is 4.88. The van der Waals surface area contributed by atoms with Crippen LogP contribution in [0.1, 0.15) is 59.8 Å². The number of hydrogen-bond acceptors (Lipinski definition) is 0. The molecule has 0 nitrogen and oxygen atoms in total. The third-order valence-electron chi connectivity index (χ3n) is 5.90. The van der Waals surface area contributed by atoms with Gasteiger partial charge in [-0.25, -0.2) is 0 Å². The van der Waals surface area contributed by atoms with Gasteiger partial charge in [0, 0.05) is 0 Å². The van der Waals surface area contributed by atoms with Gasteiger partial charge in [-0.15, -0.1) is 0 Å². The summed E-state index contributed by atoms with van der Waals surface area (Å²) in [6.07, 6.45) is 7.02. The van der Waals surface area contributed by atoms with E-state index in [4.69, 9.17) is 0 Å². The maximum Gasteiger partial charge on any atom is -0.00222 e. The zero-order valence-electron chi connectivity index (χ0n) is 11.4. The van der Waals surface area contributed by atoms with Crippen molar-refractivity contribution in [3.63, 3.8) is 0 Å². The fraction of sp³-hybridized carbons (Fsp3) is 0.750. The normalized spacial score (nSPS) is 46.8. The van der Waals surface area contributed by atoms with Crippen LogP contribution in [0.25, 0.3) is 0 Å². The highest BCUT2D eigenvalue weighted by Gasteiger charge is 2.83. The molecule has 0 N–H and O–H groups in total. The van der Waals surface area contributed by atoms with E-state index in [9.17, 15) is 0 Å². The molecule has 0 saturated heterocycles. The summed E-state index contributed by atoms with van der Waals surface area (Å²) in [6.45, 7) is 16.9. The van der Waals surface area contributed by atoms with Crippen LogP contribution in [-0.2, 0) is 0 Å². The fourth-order valence-electron chi connectivity index (χ4n) is 4.88. The Balaban J connectivity index is 0.000000457. The van der Waals surface area contributed by atoms with Gasteiger partial charge in [-0.1, -0.05) is 38.2 Å². The van der Waals surface area contributed by atoms with Gasteiger partial charge < -0.3 is 0 Å². The van der Waals surface area contributed by atoms with E-state index < -0.39 is 0 Å². The maximum absolute atomic E-state index is 4.24. The van der Waals surface area contributed by atoms with Gasteiger partial charge in [-0.2, -0.15) is 0 Å². The molecule has 90 valence electrons. The molecule has 0 bridgehead atoms. The number of allylic oxidation sites excluding steroid dienone is 2. The molecule has 0 amide bonds. The Morgan fingerprint density at radius 3 is 1.50 bits per heavy atom. The van der Waals surface area contributed by atoms with Gasteiger partial charge in [0.25, 0.3) is 0 Å². The first-order valence-corrected chi connectivity index (χ1v) is 6.83. The lowest BCUT2D eigenvalue weighted by molar-refractivity contribution is 0.0540. The molecule has 0 aliphatic heterocycles. The van der Waals surface area contributed by atoms with Crippen LogP contribution in [0.3, 0.4) is 0 Å². The molecule has 3 aliphatic rings. The smallest absolute Gasteiger partial charge is 0.00222 e. The van der Waals surface area contributed by atoms with E-state index in [-0.39, 0.29) is 0 Å². The first kappa shape index (κ1) is 12.0. The van der Waals surface area contributed by atoms with Gasteiger partial charge in [0.2, 0.25) is 0 Å². The van der Waals surface area contributed by atoms with Crippen LogP contribution in [0.5, 0.6) is 0 Å². The van der Waals surface area contributed by atoms with Crippen molar-refractivity contribution in [2.24, 2.45) is 16.2 Å². The Kier molecular flexibility index (Phi) is 2.42. The highest BCUT2D eigenvalue weighted by atomic mass is 14.9. The van der Waals surface area contributed by atoms with Crippen LogP contribution < -0.4 is 0 Å². The molecule has 0 aromatic carbocycles. The molecule has 1 spiro atoms. The van der Waals surface area contributed by atoms with Crippen LogP contribution in [0.15, 0.2) is 24.3 Å². The summed E-state index contributed by atoms with van der Waals surface area (Å²) in [5.74, 6) is 0. The minimum atomic E-state index is 0.534. The molecular weight excluding hydrogens is 192 g/mol. The molecule has 3 unspecified atom stereocenters. The van der Waals surface area contributed by atoms with Crippen molar-refractivity contribution in [2.45, 2.75) is 59.8 Å². The Morgan fingerprint density at radius 2 is 1.25 bits per heavy atom. The summed E-state index contributed by atoms with van der Waals surface area (Å²) in [4.78, 5) is 0. The number of rotatable bonds is 2. The maximum atomic E-state index is 4.24. The molecule has 0 aromatic rings. The largest absolute Gasteiger partial charge is 0.0996 e. The van der Waals surface area contributed by atoms with E-state index in [1.165, 1.54) is 43.3 Å². The molecule has 0 radical (unpaired) electrons. The summed E-state index contributed by atoms with van der Waals surface area (Å²) in [7, 11) is 0. The summed E-state index contributed by atoms with van der Waals surface area (Å²) in [5, 5.41) is 0.